The number of halogens is 2. The van der Waals surface area contributed by atoms with Crippen LogP contribution in [-0.4, -0.2) is 15.5 Å². The summed E-state index contributed by atoms with van der Waals surface area (Å²) in [4.78, 5) is 16.4. The van der Waals surface area contributed by atoms with Gasteiger partial charge in [0.25, 0.3) is 0 Å². The van der Waals surface area contributed by atoms with Crippen LogP contribution in [0, 0.1) is 0 Å². The highest BCUT2D eigenvalue weighted by Crippen LogP contribution is 2.30. The molecule has 1 atom stereocenters. The Morgan fingerprint density at radius 3 is 2.72 bits per heavy atom. The van der Waals surface area contributed by atoms with E-state index >= 15 is 0 Å². The summed E-state index contributed by atoms with van der Waals surface area (Å²) in [5.41, 5.74) is 0.955. The van der Waals surface area contributed by atoms with Crippen LogP contribution in [0.15, 0.2) is 45.9 Å². The molecule has 0 radical (unpaired) electrons. The Kier molecular flexibility index (Phi) is 8.68. The summed E-state index contributed by atoms with van der Waals surface area (Å²) >= 11 is 7.04. The molecule has 0 bridgehead atoms. The van der Waals surface area contributed by atoms with Gasteiger partial charge in [-0.15, -0.1) is 0 Å². The van der Waals surface area contributed by atoms with Crippen molar-refractivity contribution in [1.82, 2.24) is 9.55 Å². The van der Waals surface area contributed by atoms with E-state index < -0.39 is 0 Å². The van der Waals surface area contributed by atoms with Gasteiger partial charge in [-0.05, 0) is 18.6 Å². The topological polar surface area (TPSA) is 44.1 Å². The summed E-state index contributed by atoms with van der Waals surface area (Å²) in [5.74, 6) is -0.142. The third kappa shape index (κ3) is 6.94. The van der Waals surface area contributed by atoms with Crippen molar-refractivity contribution in [2.45, 2.75) is 58.1 Å². The largest absolute Gasteiger partial charge is 0.456 e. The minimum Gasteiger partial charge on any atom is -0.456 e. The lowest BCUT2D eigenvalue weighted by Gasteiger charge is -2.20. The molecule has 1 aromatic heterocycles. The Morgan fingerprint density at radius 2 is 2.04 bits per heavy atom. The van der Waals surface area contributed by atoms with E-state index in [0.29, 0.717) is 13.0 Å². The van der Waals surface area contributed by atoms with E-state index in [1.807, 2.05) is 29.0 Å². The number of ether oxygens (including phenoxy) is 1. The monoisotopic (exact) mass is 470 g/mol. The van der Waals surface area contributed by atoms with Crippen LogP contribution in [0.25, 0.3) is 0 Å². The number of hydrogen-bond acceptors (Lipinski definition) is 3. The molecule has 0 saturated heterocycles. The standard InChI is InChI=1S/C19H24Br2N2O2/c1-2-3-4-5-6-7-19(24)25-18(13-23-11-10-22-14-23)16-9-8-15(20)12-17(16)21/h8-12,14,18H,2-7,13H2,1H3. The van der Waals surface area contributed by atoms with Crippen molar-refractivity contribution in [1.29, 1.82) is 0 Å². The van der Waals surface area contributed by atoms with Gasteiger partial charge < -0.3 is 9.30 Å². The van der Waals surface area contributed by atoms with Gasteiger partial charge in [-0.3, -0.25) is 4.79 Å². The van der Waals surface area contributed by atoms with Crippen molar-refractivity contribution < 1.29 is 9.53 Å². The van der Waals surface area contributed by atoms with Crippen LogP contribution in [0.3, 0.4) is 0 Å². The fourth-order valence-electron chi connectivity index (χ4n) is 2.64. The van der Waals surface area contributed by atoms with Crippen molar-refractivity contribution in [3.05, 3.63) is 51.4 Å². The second-order valence-electron chi connectivity index (χ2n) is 6.07. The van der Waals surface area contributed by atoms with E-state index in [1.165, 1.54) is 19.3 Å². The van der Waals surface area contributed by atoms with E-state index in [2.05, 4.69) is 43.8 Å². The first-order valence-electron chi connectivity index (χ1n) is 8.70. The maximum absolute atomic E-state index is 12.3. The van der Waals surface area contributed by atoms with Crippen LogP contribution in [0.2, 0.25) is 0 Å². The minimum atomic E-state index is -0.347. The van der Waals surface area contributed by atoms with Gasteiger partial charge in [0.05, 0.1) is 12.9 Å². The number of unbranched alkanes of at least 4 members (excludes halogenated alkanes) is 4. The number of hydrogen-bond donors (Lipinski definition) is 0. The second-order valence-corrected chi connectivity index (χ2v) is 7.84. The Morgan fingerprint density at radius 1 is 1.24 bits per heavy atom. The Labute approximate surface area is 166 Å². The molecule has 1 heterocycles. The van der Waals surface area contributed by atoms with E-state index in [4.69, 9.17) is 4.74 Å². The first kappa shape index (κ1) is 20.2. The molecule has 0 aliphatic heterocycles. The molecule has 0 amide bonds. The predicted molar refractivity (Wildman–Crippen MR) is 106 cm³/mol. The van der Waals surface area contributed by atoms with Crippen molar-refractivity contribution in [2.24, 2.45) is 0 Å². The summed E-state index contributed by atoms with van der Waals surface area (Å²) < 4.78 is 9.63. The third-order valence-electron chi connectivity index (χ3n) is 4.00. The molecule has 0 aliphatic rings. The SMILES string of the molecule is CCCCCCCC(=O)OC(Cn1ccnc1)c1ccc(Br)cc1Br. The first-order valence-corrected chi connectivity index (χ1v) is 10.3. The van der Waals surface area contributed by atoms with Crippen LogP contribution in [0.1, 0.15) is 57.1 Å². The van der Waals surface area contributed by atoms with E-state index in [9.17, 15) is 4.79 Å². The van der Waals surface area contributed by atoms with Crippen LogP contribution >= 0.6 is 31.9 Å². The van der Waals surface area contributed by atoms with Gasteiger partial charge in [-0.1, -0.05) is 70.5 Å². The maximum atomic E-state index is 12.3. The molecule has 1 unspecified atom stereocenters. The molecule has 2 rings (SSSR count). The lowest BCUT2D eigenvalue weighted by atomic mass is 10.1. The zero-order valence-electron chi connectivity index (χ0n) is 14.5. The Bertz CT molecular complexity index is 659. The number of carbonyl (C=O) groups excluding carboxylic acids is 1. The van der Waals surface area contributed by atoms with Crippen molar-refractivity contribution >= 4 is 37.8 Å². The van der Waals surface area contributed by atoms with Gasteiger partial charge in [0.1, 0.15) is 6.10 Å². The highest BCUT2D eigenvalue weighted by Gasteiger charge is 2.20. The summed E-state index contributed by atoms with van der Waals surface area (Å²) in [6, 6.07) is 5.90. The van der Waals surface area contributed by atoms with Crippen molar-refractivity contribution in [2.75, 3.05) is 0 Å². The van der Waals surface area contributed by atoms with Gasteiger partial charge in [-0.2, -0.15) is 0 Å². The number of rotatable bonds is 10. The highest BCUT2D eigenvalue weighted by atomic mass is 79.9. The molecule has 0 spiro atoms. The molecule has 25 heavy (non-hydrogen) atoms. The second kappa shape index (κ2) is 10.8. The van der Waals surface area contributed by atoms with Gasteiger partial charge >= 0.3 is 5.97 Å². The third-order valence-corrected chi connectivity index (χ3v) is 5.18. The number of imidazole rings is 1. The van der Waals surface area contributed by atoms with Gasteiger partial charge in [-0.25, -0.2) is 4.98 Å². The quantitative estimate of drug-likeness (QED) is 0.312. The van der Waals surface area contributed by atoms with Gasteiger partial charge in [0.2, 0.25) is 0 Å². The van der Waals surface area contributed by atoms with Crippen molar-refractivity contribution in [3.63, 3.8) is 0 Å². The molecule has 0 aliphatic carbocycles. The van der Waals surface area contributed by atoms with Crippen LogP contribution in [0.4, 0.5) is 0 Å². The molecule has 0 N–H and O–H groups in total. The minimum absolute atomic E-state index is 0.142. The average molecular weight is 472 g/mol. The summed E-state index contributed by atoms with van der Waals surface area (Å²) in [6.45, 7) is 2.73. The summed E-state index contributed by atoms with van der Waals surface area (Å²) in [5, 5.41) is 0. The highest BCUT2D eigenvalue weighted by molar-refractivity contribution is 9.11. The van der Waals surface area contributed by atoms with Gasteiger partial charge in [0.15, 0.2) is 0 Å². The lowest BCUT2D eigenvalue weighted by molar-refractivity contribution is -0.150. The van der Waals surface area contributed by atoms with Gasteiger partial charge in [0, 0.05) is 33.3 Å². The molecule has 1 aromatic carbocycles. The zero-order chi connectivity index (χ0) is 18.1. The van der Waals surface area contributed by atoms with E-state index in [0.717, 1.165) is 27.4 Å². The van der Waals surface area contributed by atoms with E-state index in [-0.39, 0.29) is 12.1 Å². The maximum Gasteiger partial charge on any atom is 0.306 e. The molecule has 6 heteroatoms. The number of aromatic nitrogens is 2. The predicted octanol–water partition coefficient (Wildman–Crippen LogP) is 6.05. The zero-order valence-corrected chi connectivity index (χ0v) is 17.6. The summed E-state index contributed by atoms with van der Waals surface area (Å²) in [7, 11) is 0. The number of nitrogens with zero attached hydrogens (tertiary/aromatic N) is 2. The van der Waals surface area contributed by atoms with Crippen LogP contribution in [0.5, 0.6) is 0 Å². The molecule has 136 valence electrons. The number of esters is 1. The normalized spacial score (nSPS) is 12.1. The molecule has 4 nitrogen and oxygen atoms in total. The molecule has 2 aromatic rings. The first-order chi connectivity index (χ1) is 12.1. The number of carbonyl (C=O) groups is 1. The fraction of sp³-hybridized carbons (Fsp3) is 0.474. The van der Waals surface area contributed by atoms with Crippen molar-refractivity contribution in [3.8, 4) is 0 Å². The van der Waals surface area contributed by atoms with Crippen LogP contribution in [-0.2, 0) is 16.1 Å². The van der Waals surface area contributed by atoms with E-state index in [1.54, 1.807) is 12.5 Å². The molecular formula is C19H24Br2N2O2. The molecule has 0 fully saturated rings. The lowest BCUT2D eigenvalue weighted by Crippen LogP contribution is -2.17. The fourth-order valence-corrected chi connectivity index (χ4v) is 3.94. The molecule has 0 saturated carbocycles. The average Bonchev–Trinajstić information content (AvgIpc) is 3.07. The number of benzene rings is 1. The molecular weight excluding hydrogens is 448 g/mol. The Balaban J connectivity index is 2.00. The smallest absolute Gasteiger partial charge is 0.306 e. The Hall–Kier alpha value is -1.14. The van der Waals surface area contributed by atoms with Crippen LogP contribution < -0.4 is 0 Å². The summed E-state index contributed by atoms with van der Waals surface area (Å²) in [6.07, 6.45) is 11.0.